The molecule has 1 N–H and O–H groups in total. The number of benzene rings is 1. The minimum absolute atomic E-state index is 0.135. The molecule has 0 amide bonds. The van der Waals surface area contributed by atoms with E-state index in [1.54, 1.807) is 0 Å². The summed E-state index contributed by atoms with van der Waals surface area (Å²) < 4.78 is 53.0. The molecule has 0 unspecified atom stereocenters. The molecule has 1 aromatic rings. The molecule has 17 heavy (non-hydrogen) atoms. The zero-order chi connectivity index (χ0) is 12.9. The van der Waals surface area contributed by atoms with Crippen LogP contribution in [-0.4, -0.2) is 24.5 Å². The number of aliphatic hydroxyl groups excluding tert-OH is 1. The maximum atomic E-state index is 13.0. The first-order valence-electron chi connectivity index (χ1n) is 4.50. The van der Waals surface area contributed by atoms with Gasteiger partial charge in [0, 0.05) is 11.6 Å². The molecular weight excluding hydrogens is 240 g/mol. The van der Waals surface area contributed by atoms with E-state index in [1.807, 2.05) is 0 Å². The molecule has 0 aromatic heterocycles. The van der Waals surface area contributed by atoms with Crippen molar-refractivity contribution in [3.63, 3.8) is 0 Å². The van der Waals surface area contributed by atoms with Gasteiger partial charge in [0.15, 0.2) is 6.61 Å². The van der Waals surface area contributed by atoms with Crippen molar-refractivity contribution in [2.75, 3.05) is 13.2 Å². The molecule has 0 saturated carbocycles. The second kappa shape index (κ2) is 5.55. The number of alkyl halides is 3. The summed E-state index contributed by atoms with van der Waals surface area (Å²) in [5.74, 6) is 3.61. The number of rotatable bonds is 2. The summed E-state index contributed by atoms with van der Waals surface area (Å²) in [6.45, 7) is -1.92. The largest absolute Gasteiger partial charge is 0.484 e. The van der Waals surface area contributed by atoms with E-state index in [4.69, 9.17) is 5.11 Å². The second-order valence-electron chi connectivity index (χ2n) is 3.04. The van der Waals surface area contributed by atoms with E-state index in [9.17, 15) is 17.6 Å². The first kappa shape index (κ1) is 13.3. The van der Waals surface area contributed by atoms with Gasteiger partial charge in [-0.05, 0) is 12.1 Å². The van der Waals surface area contributed by atoms with E-state index >= 15 is 0 Å². The van der Waals surface area contributed by atoms with Crippen molar-refractivity contribution in [3.05, 3.63) is 29.6 Å². The summed E-state index contributed by atoms with van der Waals surface area (Å²) in [5.41, 5.74) is 0.135. The van der Waals surface area contributed by atoms with Crippen LogP contribution in [0.15, 0.2) is 18.2 Å². The van der Waals surface area contributed by atoms with Crippen molar-refractivity contribution < 1.29 is 27.4 Å². The van der Waals surface area contributed by atoms with Crippen LogP contribution in [0.25, 0.3) is 0 Å². The SMILES string of the molecule is OCC#Cc1cc(F)cc(OCC(F)(F)F)c1. The van der Waals surface area contributed by atoms with Crippen LogP contribution in [0.3, 0.4) is 0 Å². The first-order chi connectivity index (χ1) is 7.90. The highest BCUT2D eigenvalue weighted by Gasteiger charge is 2.28. The van der Waals surface area contributed by atoms with Crippen LogP contribution in [0, 0.1) is 17.7 Å². The van der Waals surface area contributed by atoms with Gasteiger partial charge in [-0.15, -0.1) is 0 Å². The van der Waals surface area contributed by atoms with Gasteiger partial charge >= 0.3 is 6.18 Å². The Kier molecular flexibility index (Phi) is 4.35. The molecule has 0 heterocycles. The normalized spacial score (nSPS) is 10.6. The molecule has 0 spiro atoms. The van der Waals surface area contributed by atoms with Crippen LogP contribution >= 0.6 is 0 Å². The molecule has 1 aromatic carbocycles. The average molecular weight is 248 g/mol. The number of hydrogen-bond donors (Lipinski definition) is 1. The zero-order valence-electron chi connectivity index (χ0n) is 8.51. The minimum atomic E-state index is -4.48. The number of hydrogen-bond acceptors (Lipinski definition) is 2. The Morgan fingerprint density at radius 2 is 1.94 bits per heavy atom. The van der Waals surface area contributed by atoms with Crippen LogP contribution in [0.2, 0.25) is 0 Å². The minimum Gasteiger partial charge on any atom is -0.484 e. The van der Waals surface area contributed by atoms with Gasteiger partial charge in [-0.2, -0.15) is 13.2 Å². The van der Waals surface area contributed by atoms with Crippen molar-refractivity contribution in [2.24, 2.45) is 0 Å². The highest BCUT2D eigenvalue weighted by Crippen LogP contribution is 2.20. The lowest BCUT2D eigenvalue weighted by Crippen LogP contribution is -2.19. The van der Waals surface area contributed by atoms with Crippen molar-refractivity contribution >= 4 is 0 Å². The van der Waals surface area contributed by atoms with E-state index in [0.29, 0.717) is 0 Å². The van der Waals surface area contributed by atoms with Crippen LogP contribution in [-0.2, 0) is 0 Å². The Morgan fingerprint density at radius 3 is 2.53 bits per heavy atom. The van der Waals surface area contributed by atoms with E-state index in [2.05, 4.69) is 16.6 Å². The Balaban J connectivity index is 2.82. The molecule has 1 rings (SSSR count). The zero-order valence-corrected chi connectivity index (χ0v) is 8.51. The van der Waals surface area contributed by atoms with E-state index in [0.717, 1.165) is 18.2 Å². The second-order valence-corrected chi connectivity index (χ2v) is 3.04. The Hall–Kier alpha value is -1.74. The smallest absolute Gasteiger partial charge is 0.422 e. The van der Waals surface area contributed by atoms with Gasteiger partial charge in [0.2, 0.25) is 0 Å². The summed E-state index contributed by atoms with van der Waals surface area (Å²) >= 11 is 0. The highest BCUT2D eigenvalue weighted by molar-refractivity contribution is 5.40. The molecule has 0 atom stereocenters. The predicted octanol–water partition coefficient (Wildman–Crippen LogP) is 2.11. The molecule has 0 aliphatic rings. The van der Waals surface area contributed by atoms with Gasteiger partial charge in [-0.3, -0.25) is 0 Å². The van der Waals surface area contributed by atoms with Crippen molar-refractivity contribution in [1.29, 1.82) is 0 Å². The van der Waals surface area contributed by atoms with Crippen molar-refractivity contribution in [2.45, 2.75) is 6.18 Å². The van der Waals surface area contributed by atoms with Crippen molar-refractivity contribution in [1.82, 2.24) is 0 Å². The Morgan fingerprint density at radius 1 is 1.24 bits per heavy atom. The van der Waals surface area contributed by atoms with Crippen LogP contribution in [0.5, 0.6) is 5.75 Å². The Labute approximate surface area is 94.8 Å². The third-order valence-electron chi connectivity index (χ3n) is 1.59. The summed E-state index contributed by atoms with van der Waals surface area (Å²) in [5, 5.41) is 8.43. The molecular formula is C11H8F4O2. The molecule has 92 valence electrons. The molecule has 0 fully saturated rings. The third kappa shape index (κ3) is 5.22. The summed E-state index contributed by atoms with van der Waals surface area (Å²) in [6.07, 6.45) is -4.48. The van der Waals surface area contributed by atoms with Gasteiger partial charge in [0.05, 0.1) is 0 Å². The lowest BCUT2D eigenvalue weighted by molar-refractivity contribution is -0.153. The maximum absolute atomic E-state index is 13.0. The van der Waals surface area contributed by atoms with Gasteiger partial charge in [0.1, 0.15) is 18.2 Å². The third-order valence-corrected chi connectivity index (χ3v) is 1.59. The fourth-order valence-electron chi connectivity index (χ4n) is 1.02. The van der Waals surface area contributed by atoms with E-state index in [1.165, 1.54) is 0 Å². The fraction of sp³-hybridized carbons (Fsp3) is 0.273. The van der Waals surface area contributed by atoms with Gasteiger partial charge in [-0.1, -0.05) is 11.8 Å². The predicted molar refractivity (Wildman–Crippen MR) is 51.9 cm³/mol. The number of halogens is 4. The van der Waals surface area contributed by atoms with Gasteiger partial charge in [-0.25, -0.2) is 4.39 Å². The summed E-state index contributed by atoms with van der Waals surface area (Å²) in [4.78, 5) is 0. The lowest BCUT2D eigenvalue weighted by atomic mass is 10.2. The molecule has 0 bridgehead atoms. The summed E-state index contributed by atoms with van der Waals surface area (Å²) in [7, 11) is 0. The quantitative estimate of drug-likeness (QED) is 0.641. The number of ether oxygens (including phenoxy) is 1. The number of aliphatic hydroxyl groups is 1. The van der Waals surface area contributed by atoms with Crippen LogP contribution in [0.4, 0.5) is 17.6 Å². The van der Waals surface area contributed by atoms with Crippen molar-refractivity contribution in [3.8, 4) is 17.6 Å². The van der Waals surface area contributed by atoms with Crippen LogP contribution in [0.1, 0.15) is 5.56 Å². The average Bonchev–Trinajstić information content (AvgIpc) is 2.22. The summed E-state index contributed by atoms with van der Waals surface area (Å²) in [6, 6.07) is 3.02. The maximum Gasteiger partial charge on any atom is 0.422 e. The molecule has 0 aliphatic carbocycles. The monoisotopic (exact) mass is 248 g/mol. The van der Waals surface area contributed by atoms with Gasteiger partial charge < -0.3 is 9.84 Å². The lowest BCUT2D eigenvalue weighted by Gasteiger charge is -2.09. The van der Waals surface area contributed by atoms with E-state index < -0.39 is 25.2 Å². The molecule has 6 heteroatoms. The highest BCUT2D eigenvalue weighted by atomic mass is 19.4. The molecule has 0 saturated heterocycles. The molecule has 2 nitrogen and oxygen atoms in total. The van der Waals surface area contributed by atoms with Gasteiger partial charge in [0.25, 0.3) is 0 Å². The topological polar surface area (TPSA) is 29.5 Å². The molecule has 0 radical (unpaired) electrons. The molecule has 0 aliphatic heterocycles. The first-order valence-corrected chi connectivity index (χ1v) is 4.50. The standard InChI is InChI=1S/C11H8F4O2/c12-9-4-8(2-1-3-16)5-10(6-9)17-7-11(13,14)15/h4-6,16H,3,7H2. The Bertz CT molecular complexity index is 443. The van der Waals surface area contributed by atoms with E-state index in [-0.39, 0.29) is 11.3 Å². The fourth-order valence-corrected chi connectivity index (χ4v) is 1.02. The van der Waals surface area contributed by atoms with Crippen LogP contribution < -0.4 is 4.74 Å².